The van der Waals surface area contributed by atoms with Crippen LogP contribution in [-0.2, 0) is 4.74 Å². The van der Waals surface area contributed by atoms with Gasteiger partial charge in [0.15, 0.2) is 0 Å². The van der Waals surface area contributed by atoms with E-state index in [0.717, 1.165) is 25.0 Å². The number of benzene rings is 1. The third-order valence-corrected chi connectivity index (χ3v) is 5.42. The molecule has 19 heavy (non-hydrogen) atoms. The fourth-order valence-electron chi connectivity index (χ4n) is 3.64. The molecule has 2 fully saturated rings. The first-order chi connectivity index (χ1) is 9.19. The fourth-order valence-corrected chi connectivity index (χ4v) is 3.99. The average molecular weight is 372 g/mol. The molecule has 0 amide bonds. The van der Waals surface area contributed by atoms with Gasteiger partial charge in [-0.05, 0) is 71.9 Å². The summed E-state index contributed by atoms with van der Waals surface area (Å²) in [6.45, 7) is 0.812. The van der Waals surface area contributed by atoms with Gasteiger partial charge in [-0.3, -0.25) is 0 Å². The Kier molecular flexibility index (Phi) is 4.15. The van der Waals surface area contributed by atoms with Crippen LogP contribution in [0.15, 0.2) is 24.3 Å². The smallest absolute Gasteiger partial charge is 0.0820 e. The highest BCUT2D eigenvalue weighted by molar-refractivity contribution is 14.1. The predicted molar refractivity (Wildman–Crippen MR) is 84.0 cm³/mol. The normalized spacial score (nSPS) is 27.6. The first-order valence-electron chi connectivity index (χ1n) is 7.26. The van der Waals surface area contributed by atoms with Crippen molar-refractivity contribution in [1.82, 2.24) is 0 Å². The van der Waals surface area contributed by atoms with Crippen LogP contribution in [0.25, 0.3) is 0 Å². The topological polar surface area (TPSA) is 29.5 Å². The molecule has 1 aromatic carbocycles. The maximum atomic E-state index is 10.6. The monoisotopic (exact) mass is 372 g/mol. The largest absolute Gasteiger partial charge is 0.388 e. The van der Waals surface area contributed by atoms with Crippen molar-refractivity contribution in [3.8, 4) is 0 Å². The van der Waals surface area contributed by atoms with E-state index in [1.54, 1.807) is 0 Å². The lowest BCUT2D eigenvalue weighted by Crippen LogP contribution is -2.39. The summed E-state index contributed by atoms with van der Waals surface area (Å²) in [6, 6.07) is 8.26. The molecule has 3 rings (SSSR count). The van der Waals surface area contributed by atoms with Gasteiger partial charge in [-0.1, -0.05) is 25.0 Å². The summed E-state index contributed by atoms with van der Waals surface area (Å²) < 4.78 is 7.27. The van der Waals surface area contributed by atoms with Crippen molar-refractivity contribution in [2.45, 2.75) is 50.2 Å². The minimum atomic E-state index is -0.335. The summed E-state index contributed by atoms with van der Waals surface area (Å²) in [5.41, 5.74) is 1.15. The van der Waals surface area contributed by atoms with Crippen molar-refractivity contribution in [2.75, 3.05) is 6.61 Å². The van der Waals surface area contributed by atoms with E-state index in [-0.39, 0.29) is 11.7 Å². The molecule has 0 bridgehead atoms. The number of halogens is 1. The Bertz CT molecular complexity index is 423. The van der Waals surface area contributed by atoms with Gasteiger partial charge in [-0.15, -0.1) is 0 Å². The zero-order valence-electron chi connectivity index (χ0n) is 11.1. The summed E-state index contributed by atoms with van der Waals surface area (Å²) in [7, 11) is 0. The quantitative estimate of drug-likeness (QED) is 0.794. The van der Waals surface area contributed by atoms with Crippen molar-refractivity contribution in [3.63, 3.8) is 0 Å². The zero-order valence-corrected chi connectivity index (χ0v) is 13.3. The summed E-state index contributed by atoms with van der Waals surface area (Å²) in [5, 5.41) is 10.6. The van der Waals surface area contributed by atoms with Crippen LogP contribution in [0.2, 0.25) is 0 Å². The second-order valence-corrected chi connectivity index (χ2v) is 7.23. The highest BCUT2D eigenvalue weighted by Crippen LogP contribution is 2.45. The summed E-state index contributed by atoms with van der Waals surface area (Å²) in [4.78, 5) is 0. The molecule has 2 nitrogen and oxygen atoms in total. The molecule has 0 aromatic heterocycles. The number of rotatable bonds is 2. The van der Waals surface area contributed by atoms with E-state index in [4.69, 9.17) is 4.74 Å². The van der Waals surface area contributed by atoms with Crippen LogP contribution < -0.4 is 0 Å². The Morgan fingerprint density at radius 2 is 1.89 bits per heavy atom. The highest BCUT2D eigenvalue weighted by Gasteiger charge is 2.41. The van der Waals surface area contributed by atoms with Crippen molar-refractivity contribution < 1.29 is 9.84 Å². The van der Waals surface area contributed by atoms with Crippen molar-refractivity contribution in [2.24, 2.45) is 5.92 Å². The average Bonchev–Trinajstić information content (AvgIpc) is 2.87. The van der Waals surface area contributed by atoms with Crippen molar-refractivity contribution in [1.29, 1.82) is 0 Å². The van der Waals surface area contributed by atoms with Crippen molar-refractivity contribution >= 4 is 22.6 Å². The van der Waals surface area contributed by atoms with Gasteiger partial charge in [0.25, 0.3) is 0 Å². The minimum absolute atomic E-state index is 0.0904. The van der Waals surface area contributed by atoms with Crippen LogP contribution in [-0.4, -0.2) is 17.3 Å². The van der Waals surface area contributed by atoms with Gasteiger partial charge in [0.2, 0.25) is 0 Å². The molecule has 2 unspecified atom stereocenters. The van der Waals surface area contributed by atoms with Crippen LogP contribution in [0, 0.1) is 9.49 Å². The Labute approximate surface area is 128 Å². The molecule has 1 spiro atoms. The molecule has 1 saturated heterocycles. The number of aliphatic hydroxyl groups excluding tert-OH is 1. The number of aliphatic hydroxyl groups is 1. The summed E-state index contributed by atoms with van der Waals surface area (Å²) >= 11 is 2.30. The lowest BCUT2D eigenvalue weighted by molar-refractivity contribution is -0.113. The third kappa shape index (κ3) is 2.98. The molecule has 1 heterocycles. The van der Waals surface area contributed by atoms with Crippen LogP contribution in [0.4, 0.5) is 0 Å². The molecular formula is C16H21IO2. The van der Waals surface area contributed by atoms with Gasteiger partial charge >= 0.3 is 0 Å². The van der Waals surface area contributed by atoms with Crippen LogP contribution in [0.3, 0.4) is 0 Å². The van der Waals surface area contributed by atoms with Crippen molar-refractivity contribution in [3.05, 3.63) is 33.4 Å². The van der Waals surface area contributed by atoms with Gasteiger partial charge < -0.3 is 9.84 Å². The Morgan fingerprint density at radius 3 is 2.58 bits per heavy atom. The standard InChI is InChI=1S/C16H21IO2/c17-14-5-3-12(4-6-14)15(18)13-7-10-19-16(11-13)8-1-2-9-16/h3-6,13,15,18H,1-2,7-11H2. The van der Waals surface area contributed by atoms with E-state index in [0.29, 0.717) is 5.92 Å². The van der Waals surface area contributed by atoms with Gasteiger partial charge in [0.1, 0.15) is 0 Å². The molecule has 1 aliphatic heterocycles. The van der Waals surface area contributed by atoms with E-state index in [1.165, 1.54) is 29.3 Å². The lowest BCUT2D eigenvalue weighted by atomic mass is 9.80. The van der Waals surface area contributed by atoms with Crippen LogP contribution in [0.1, 0.15) is 50.2 Å². The Morgan fingerprint density at radius 1 is 1.21 bits per heavy atom. The van der Waals surface area contributed by atoms with Gasteiger partial charge in [0, 0.05) is 10.2 Å². The molecule has 1 aliphatic carbocycles. The summed E-state index contributed by atoms with van der Waals surface area (Å²) in [6.07, 6.45) is 6.61. The second-order valence-electron chi connectivity index (χ2n) is 5.99. The van der Waals surface area contributed by atoms with E-state index in [2.05, 4.69) is 46.9 Å². The zero-order chi connectivity index (χ0) is 13.3. The number of hydrogen-bond acceptors (Lipinski definition) is 2. The number of ether oxygens (including phenoxy) is 1. The van der Waals surface area contributed by atoms with E-state index in [9.17, 15) is 5.11 Å². The third-order valence-electron chi connectivity index (χ3n) is 4.70. The van der Waals surface area contributed by atoms with Gasteiger partial charge in [-0.25, -0.2) is 0 Å². The molecule has 1 saturated carbocycles. The molecular weight excluding hydrogens is 351 g/mol. The van der Waals surface area contributed by atoms with Gasteiger partial charge in [-0.2, -0.15) is 0 Å². The molecule has 3 heteroatoms. The molecule has 0 radical (unpaired) electrons. The highest BCUT2D eigenvalue weighted by atomic mass is 127. The maximum absolute atomic E-state index is 10.6. The Hall–Kier alpha value is -0.130. The molecule has 1 aromatic rings. The molecule has 1 N–H and O–H groups in total. The number of hydrogen-bond donors (Lipinski definition) is 1. The molecule has 104 valence electrons. The summed E-state index contributed by atoms with van der Waals surface area (Å²) in [5.74, 6) is 0.354. The predicted octanol–water partition coefficient (Wildman–Crippen LogP) is 4.06. The SMILES string of the molecule is OC(c1ccc(I)cc1)C1CCOC2(CCCC2)C1. The van der Waals surface area contributed by atoms with E-state index >= 15 is 0 Å². The first-order valence-corrected chi connectivity index (χ1v) is 8.34. The fraction of sp³-hybridized carbons (Fsp3) is 0.625. The van der Waals surface area contributed by atoms with Crippen LogP contribution in [0.5, 0.6) is 0 Å². The molecule has 2 atom stereocenters. The maximum Gasteiger partial charge on any atom is 0.0820 e. The van der Waals surface area contributed by atoms with Gasteiger partial charge in [0.05, 0.1) is 11.7 Å². The van der Waals surface area contributed by atoms with E-state index in [1.807, 2.05) is 0 Å². The lowest BCUT2D eigenvalue weighted by Gasteiger charge is -2.40. The minimum Gasteiger partial charge on any atom is -0.388 e. The van der Waals surface area contributed by atoms with Crippen LogP contribution >= 0.6 is 22.6 Å². The first kappa shape index (κ1) is 13.8. The van der Waals surface area contributed by atoms with E-state index < -0.39 is 0 Å². The second kappa shape index (κ2) is 5.70. The Balaban J connectivity index is 1.72. The molecule has 2 aliphatic rings.